The first kappa shape index (κ1) is 33.2. The second-order valence-electron chi connectivity index (χ2n) is 10.5. The Morgan fingerprint density at radius 2 is 1.53 bits per heavy atom. The Morgan fingerprint density at radius 3 is 2.13 bits per heavy atom. The first-order chi connectivity index (χ1) is 21.3. The van der Waals surface area contributed by atoms with Crippen LogP contribution in [0.5, 0.6) is 6.01 Å². The minimum Gasteiger partial charge on any atom is -0.454 e. The Bertz CT molecular complexity index is 1500. The highest BCUT2D eigenvalue weighted by Gasteiger charge is 2.45. The molecule has 0 bridgehead atoms. The van der Waals surface area contributed by atoms with Crippen LogP contribution < -0.4 is 26.0 Å². The van der Waals surface area contributed by atoms with Gasteiger partial charge in [-0.1, -0.05) is 23.7 Å². The number of benzene rings is 2. The van der Waals surface area contributed by atoms with Crippen LogP contribution in [0.25, 0.3) is 0 Å². The SMILES string of the molecule is CN(C)C(=O)C(=O)NCCCCNC(=O)c1ccc(Nc2nc(NC3(c4ccc(Cl)cc4)CC3)nc(OCC(F)(F)F)n2)cc1. The van der Waals surface area contributed by atoms with Gasteiger partial charge in [0.1, 0.15) is 0 Å². The van der Waals surface area contributed by atoms with Crippen LogP contribution in [0.1, 0.15) is 41.6 Å². The molecule has 0 spiro atoms. The molecule has 1 fully saturated rings. The highest BCUT2D eigenvalue weighted by atomic mass is 35.5. The number of halogens is 4. The molecule has 0 unspecified atom stereocenters. The maximum atomic E-state index is 12.8. The van der Waals surface area contributed by atoms with Crippen LogP contribution >= 0.6 is 11.6 Å². The molecule has 0 saturated heterocycles. The summed E-state index contributed by atoms with van der Waals surface area (Å²) in [5.41, 5.74) is 1.26. The first-order valence-electron chi connectivity index (χ1n) is 14.0. The van der Waals surface area contributed by atoms with Crippen LogP contribution in [-0.4, -0.2) is 77.5 Å². The van der Waals surface area contributed by atoms with E-state index >= 15 is 0 Å². The molecule has 1 aromatic heterocycles. The number of anilines is 3. The number of hydrogen-bond acceptors (Lipinski definition) is 9. The Kier molecular flexibility index (Phi) is 10.6. The fourth-order valence-corrected chi connectivity index (χ4v) is 4.27. The zero-order chi connectivity index (χ0) is 32.6. The van der Waals surface area contributed by atoms with E-state index in [1.54, 1.807) is 36.4 Å². The van der Waals surface area contributed by atoms with E-state index in [1.165, 1.54) is 19.0 Å². The van der Waals surface area contributed by atoms with Gasteiger partial charge in [-0.3, -0.25) is 14.4 Å². The van der Waals surface area contributed by atoms with Gasteiger partial charge in [-0.25, -0.2) is 0 Å². The predicted molar refractivity (Wildman–Crippen MR) is 160 cm³/mol. The third-order valence-electron chi connectivity index (χ3n) is 6.66. The van der Waals surface area contributed by atoms with Gasteiger partial charge in [0.15, 0.2) is 6.61 Å². The molecule has 1 heterocycles. The molecule has 45 heavy (non-hydrogen) atoms. The second-order valence-corrected chi connectivity index (χ2v) is 10.9. The van der Waals surface area contributed by atoms with Gasteiger partial charge in [0.25, 0.3) is 5.91 Å². The van der Waals surface area contributed by atoms with Crippen molar-refractivity contribution in [3.63, 3.8) is 0 Å². The molecule has 12 nitrogen and oxygen atoms in total. The normalized spacial score (nSPS) is 13.4. The van der Waals surface area contributed by atoms with Crippen LogP contribution in [-0.2, 0) is 15.1 Å². The van der Waals surface area contributed by atoms with Crippen LogP contribution in [0.2, 0.25) is 5.02 Å². The number of alkyl halides is 3. The van der Waals surface area contributed by atoms with Crippen molar-refractivity contribution >= 4 is 46.9 Å². The smallest absolute Gasteiger partial charge is 0.422 e. The number of nitrogens with zero attached hydrogens (tertiary/aromatic N) is 4. The van der Waals surface area contributed by atoms with Crippen molar-refractivity contribution < 1.29 is 32.3 Å². The number of carbonyl (C=O) groups is 3. The third-order valence-corrected chi connectivity index (χ3v) is 6.91. The Hall–Kier alpha value is -4.66. The molecule has 240 valence electrons. The fourth-order valence-electron chi connectivity index (χ4n) is 4.14. The van der Waals surface area contributed by atoms with Gasteiger partial charge in [-0.2, -0.15) is 28.1 Å². The lowest BCUT2D eigenvalue weighted by atomic mass is 10.1. The summed E-state index contributed by atoms with van der Waals surface area (Å²) >= 11 is 6.01. The number of carbonyl (C=O) groups excluding carboxylic acids is 3. The van der Waals surface area contributed by atoms with Gasteiger partial charge in [-0.05, 0) is 67.6 Å². The summed E-state index contributed by atoms with van der Waals surface area (Å²) in [6, 6.07) is 13.0. The lowest BCUT2D eigenvalue weighted by molar-refractivity contribution is -0.154. The average molecular weight is 649 g/mol. The maximum Gasteiger partial charge on any atom is 0.422 e. The van der Waals surface area contributed by atoms with Crippen molar-refractivity contribution in [3.05, 3.63) is 64.7 Å². The largest absolute Gasteiger partial charge is 0.454 e. The van der Waals surface area contributed by atoms with Gasteiger partial charge >= 0.3 is 24.0 Å². The lowest BCUT2D eigenvalue weighted by Gasteiger charge is -2.19. The van der Waals surface area contributed by atoms with E-state index in [4.69, 9.17) is 16.3 Å². The molecule has 4 N–H and O–H groups in total. The molecule has 4 rings (SSSR count). The molecule has 1 saturated carbocycles. The minimum absolute atomic E-state index is 0.0250. The summed E-state index contributed by atoms with van der Waals surface area (Å²) in [5, 5.41) is 12.0. The number of aromatic nitrogens is 3. The Balaban J connectivity index is 1.35. The van der Waals surface area contributed by atoms with Crippen molar-refractivity contribution in [2.24, 2.45) is 0 Å². The molecular weight excluding hydrogens is 617 g/mol. The van der Waals surface area contributed by atoms with Crippen molar-refractivity contribution in [1.82, 2.24) is 30.5 Å². The van der Waals surface area contributed by atoms with E-state index in [-0.39, 0.29) is 17.8 Å². The topological polar surface area (TPSA) is 150 Å². The minimum atomic E-state index is -4.59. The van der Waals surface area contributed by atoms with Gasteiger partial charge < -0.3 is 30.9 Å². The number of rotatable bonds is 13. The van der Waals surface area contributed by atoms with Crippen molar-refractivity contribution in [2.45, 2.75) is 37.4 Å². The van der Waals surface area contributed by atoms with Gasteiger partial charge in [0, 0.05) is 43.5 Å². The number of amides is 3. The van der Waals surface area contributed by atoms with E-state index < -0.39 is 36.1 Å². The summed E-state index contributed by atoms with van der Waals surface area (Å²) in [6.45, 7) is -0.921. The van der Waals surface area contributed by atoms with Gasteiger partial charge in [0.05, 0.1) is 5.54 Å². The third kappa shape index (κ3) is 9.93. The maximum absolute atomic E-state index is 12.8. The zero-order valence-electron chi connectivity index (χ0n) is 24.5. The molecule has 1 aliphatic rings. The van der Waals surface area contributed by atoms with Gasteiger partial charge in [-0.15, -0.1) is 0 Å². The molecule has 0 atom stereocenters. The van der Waals surface area contributed by atoms with Crippen molar-refractivity contribution in [2.75, 3.05) is 44.4 Å². The first-order valence-corrected chi connectivity index (χ1v) is 14.4. The summed E-state index contributed by atoms with van der Waals surface area (Å²) in [7, 11) is 2.98. The van der Waals surface area contributed by atoms with Gasteiger partial charge in [0.2, 0.25) is 11.9 Å². The number of unbranched alkanes of at least 4 members (excludes halogenated alkanes) is 1. The highest BCUT2D eigenvalue weighted by Crippen LogP contribution is 2.48. The molecule has 1 aliphatic carbocycles. The van der Waals surface area contributed by atoms with E-state index in [2.05, 4.69) is 36.2 Å². The molecule has 16 heteroatoms. The number of hydrogen-bond donors (Lipinski definition) is 4. The zero-order valence-corrected chi connectivity index (χ0v) is 25.3. The van der Waals surface area contributed by atoms with E-state index in [1.807, 2.05) is 12.1 Å². The van der Waals surface area contributed by atoms with Crippen LogP contribution in [0.4, 0.5) is 30.8 Å². The predicted octanol–water partition coefficient (Wildman–Crippen LogP) is 4.03. The Morgan fingerprint density at radius 1 is 0.911 bits per heavy atom. The second kappa shape index (κ2) is 14.4. The number of likely N-dealkylation sites (N-methyl/N-ethyl adjacent to an activating group) is 1. The highest BCUT2D eigenvalue weighted by molar-refractivity contribution is 6.34. The lowest BCUT2D eigenvalue weighted by Crippen LogP contribution is -2.39. The van der Waals surface area contributed by atoms with Crippen LogP contribution in [0, 0.1) is 0 Å². The van der Waals surface area contributed by atoms with Crippen LogP contribution in [0.3, 0.4) is 0 Å². The molecule has 3 amide bonds. The molecule has 2 aromatic carbocycles. The molecular formula is C29H32ClF3N8O4. The molecule has 0 aliphatic heterocycles. The summed E-state index contributed by atoms with van der Waals surface area (Å²) < 4.78 is 43.3. The van der Waals surface area contributed by atoms with Crippen LogP contribution in [0.15, 0.2) is 48.5 Å². The van der Waals surface area contributed by atoms with E-state index in [0.29, 0.717) is 42.2 Å². The summed E-state index contributed by atoms with van der Waals surface area (Å²) in [5.74, 6) is -1.67. The standard InChI is InChI=1S/C29H32ClF3N8O4/c1-41(2)24(44)23(43)35-16-4-3-15-34-22(42)18-5-11-21(12-6-18)36-25-37-26(39-27(38-25)45-17-29(31,32)33)40-28(13-14-28)19-7-9-20(30)10-8-19/h5-12H,3-4,13-17H2,1-2H3,(H,34,42)(H,35,43)(H2,36,37,38,39,40). The van der Waals surface area contributed by atoms with Crippen molar-refractivity contribution in [3.8, 4) is 6.01 Å². The van der Waals surface area contributed by atoms with Crippen molar-refractivity contribution in [1.29, 1.82) is 0 Å². The fraction of sp³-hybridized carbons (Fsp3) is 0.379. The summed E-state index contributed by atoms with van der Waals surface area (Å²) in [4.78, 5) is 49.2. The number of ether oxygens (including phenoxy) is 1. The monoisotopic (exact) mass is 648 g/mol. The Labute approximate surface area is 262 Å². The average Bonchev–Trinajstić information content (AvgIpc) is 3.77. The molecule has 3 aromatic rings. The molecule has 0 radical (unpaired) electrons. The van der Waals surface area contributed by atoms with E-state index in [0.717, 1.165) is 18.4 Å². The quantitative estimate of drug-likeness (QED) is 0.159. The number of nitrogens with one attached hydrogen (secondary N) is 4. The summed E-state index contributed by atoms with van der Waals surface area (Å²) in [6.07, 6.45) is -1.95. The van der Waals surface area contributed by atoms with E-state index in [9.17, 15) is 27.6 Å².